The lowest BCUT2D eigenvalue weighted by Gasteiger charge is -2.33. The summed E-state index contributed by atoms with van der Waals surface area (Å²) in [4.78, 5) is 52.1. The number of aromatic nitrogens is 2. The van der Waals surface area contributed by atoms with Gasteiger partial charge < -0.3 is 51.3 Å². The number of phenols is 4. The summed E-state index contributed by atoms with van der Waals surface area (Å²) in [7, 11) is -20.8. The van der Waals surface area contributed by atoms with E-state index < -0.39 is 84.2 Å². The molecule has 0 radical (unpaired) electrons. The maximum absolute atomic E-state index is 14.0. The molecule has 0 unspecified atom stereocenters. The number of nitrogens with one attached hydrogen (secondary N) is 8. The summed E-state index contributed by atoms with van der Waals surface area (Å²) in [6.45, 7) is 16.6. The summed E-state index contributed by atoms with van der Waals surface area (Å²) in [6.07, 6.45) is 1.14. The van der Waals surface area contributed by atoms with Crippen molar-refractivity contribution in [2.45, 2.75) is 104 Å². The van der Waals surface area contributed by atoms with Crippen LogP contribution in [0.2, 0.25) is 0 Å². The number of phenolic OH excluding ortho intramolecular Hbond substituents is 4. The molecule has 14 rings (SSSR count). The van der Waals surface area contributed by atoms with Gasteiger partial charge in [-0.2, -0.15) is 8.75 Å². The number of morpholine rings is 1. The third-order valence-electron chi connectivity index (χ3n) is 19.6. The number of nitrogens with zero attached hydrogens (tertiary/aromatic N) is 7. The molecular weight excluding hydrogens is 1660 g/mol. The summed E-state index contributed by atoms with van der Waals surface area (Å²) in [5.74, 6) is -3.13. The van der Waals surface area contributed by atoms with Crippen molar-refractivity contribution in [2.75, 3.05) is 77.6 Å². The Kier molecular flexibility index (Phi) is 22.4. The number of sulfonamides is 4. The molecule has 0 atom stereocenters. The lowest BCUT2D eigenvalue weighted by atomic mass is 9.76. The van der Waals surface area contributed by atoms with E-state index in [0.717, 1.165) is 69.8 Å². The summed E-state index contributed by atoms with van der Waals surface area (Å²) in [5, 5.41) is 72.5. The van der Waals surface area contributed by atoms with Gasteiger partial charge in [-0.25, -0.2) is 42.1 Å². The van der Waals surface area contributed by atoms with E-state index in [9.17, 15) is 81.7 Å². The molecule has 5 heterocycles. The molecule has 0 bridgehead atoms. The van der Waals surface area contributed by atoms with Crippen molar-refractivity contribution in [1.29, 1.82) is 0 Å². The highest BCUT2D eigenvalue weighted by Gasteiger charge is 2.44. The van der Waals surface area contributed by atoms with Gasteiger partial charge in [0.25, 0.3) is 46.0 Å². The van der Waals surface area contributed by atoms with E-state index in [1.165, 1.54) is 122 Å². The topological polar surface area (TPSA) is 504 Å². The van der Waals surface area contributed by atoms with E-state index in [-0.39, 0.29) is 132 Å². The first kappa shape index (κ1) is 83.7. The van der Waals surface area contributed by atoms with Crippen molar-refractivity contribution in [3.05, 3.63) is 178 Å². The minimum absolute atomic E-state index is 0.0166. The lowest BCUT2D eigenvalue weighted by Crippen LogP contribution is -2.37. The number of carbonyl (C=O) groups excluding carboxylic acids is 4. The second kappa shape index (κ2) is 31.6. The zero-order valence-electron chi connectivity index (χ0n) is 64.2. The Labute approximate surface area is 685 Å². The maximum atomic E-state index is 14.0. The quantitative estimate of drug-likeness (QED) is 0.0235. The number of amides is 4. The van der Waals surface area contributed by atoms with Gasteiger partial charge in [0.15, 0.2) is 19.8 Å². The summed E-state index contributed by atoms with van der Waals surface area (Å²) < 4.78 is 157. The van der Waals surface area contributed by atoms with Crippen LogP contribution < -0.4 is 45.1 Å². The van der Waals surface area contributed by atoms with Crippen LogP contribution in [0.3, 0.4) is 0 Å². The van der Waals surface area contributed by atoms with Gasteiger partial charge in [-0.15, -0.1) is 20.5 Å². The molecule has 1 fully saturated rings. The number of aryl methyl sites for hydroxylation is 4. The number of rotatable bonds is 21. The molecule has 0 aliphatic carbocycles. The Hall–Kier alpha value is -12.3. The Bertz CT molecular complexity index is 6730. The highest BCUT2D eigenvalue weighted by atomic mass is 32.2. The van der Waals surface area contributed by atoms with Crippen molar-refractivity contribution in [3.8, 4) is 23.0 Å². The third-order valence-corrected chi connectivity index (χ3v) is 27.7. The van der Waals surface area contributed by atoms with Crippen LogP contribution in [0.25, 0.3) is 21.8 Å². The number of anilines is 9. The Morgan fingerprint density at radius 1 is 0.517 bits per heavy atom. The number of hydrogen-bond acceptors (Lipinski definition) is 28. The molecule has 4 amide bonds. The van der Waals surface area contributed by atoms with Gasteiger partial charge in [-0.1, -0.05) is 19.9 Å². The molecule has 614 valence electrons. The highest BCUT2D eigenvalue weighted by molar-refractivity contribution is 7.94. The van der Waals surface area contributed by atoms with Gasteiger partial charge in [0.2, 0.25) is 17.7 Å². The zero-order valence-corrected chi connectivity index (χ0v) is 69.9. The van der Waals surface area contributed by atoms with E-state index in [1.807, 2.05) is 4.90 Å². The van der Waals surface area contributed by atoms with Gasteiger partial charge in [0.05, 0.1) is 100 Å². The molecule has 34 nitrogen and oxygen atoms in total. The molecule has 9 aromatic carbocycles. The van der Waals surface area contributed by atoms with Crippen molar-refractivity contribution in [2.24, 2.45) is 20.5 Å². The number of azo groups is 2. The molecule has 11 aromatic rings. The van der Waals surface area contributed by atoms with Crippen LogP contribution in [0.4, 0.5) is 72.6 Å². The van der Waals surface area contributed by atoms with E-state index in [1.54, 1.807) is 61.5 Å². The Morgan fingerprint density at radius 3 is 1.57 bits per heavy atom. The minimum Gasteiger partial charge on any atom is -0.506 e. The summed E-state index contributed by atoms with van der Waals surface area (Å²) >= 11 is 1.91. The van der Waals surface area contributed by atoms with Gasteiger partial charge in [0, 0.05) is 65.6 Å². The summed E-state index contributed by atoms with van der Waals surface area (Å²) in [6, 6.07) is 31.2. The highest BCUT2D eigenvalue weighted by Crippen LogP contribution is 2.54. The lowest BCUT2D eigenvalue weighted by molar-refractivity contribution is -0.120. The standard InChI is InChI=1S/C39H35N7O10S4.C38H40N8O9S3/c1-20-15-29(32(47)16-21(20)2)46-60(55,56)26-8-6-7-23(17-26)45-59(53,54)24-11-9-22(10-12-24)36(49)40-31-19-30(34-33(35(31)48)39(3,4)38(50)41-34)42-43-37-27-18-25(58(5,51)52)13-14-28(27)44-57-37;1-20-14-27(31(48)15-21(20)2)45-58(53,54)32-16-23(6-9-30(32)46-10-12-55-13-11-46)44-57(51,52)24-7-8-26-25(17-24)37(56-43-26)42-41-28-18-29(39-22(3)47)36(50)34-35(28)40-33(49)19-38(34,4)5/h6-19,45-48H,1-5H3,(H,40,49)(H,41,50);6-9,14-18,44-45,48,50H,10-13,19H2,1-5H3,(H,39,47)(H,40,49). The Morgan fingerprint density at radius 2 is 1.00 bits per heavy atom. The number of fused-ring (bicyclic) bond motifs is 4. The number of aromatic hydroxyl groups is 4. The average molecular weight is 1740 g/mol. The van der Waals surface area contributed by atoms with E-state index in [4.69, 9.17) is 4.74 Å². The minimum atomic E-state index is -4.39. The molecule has 0 saturated carbocycles. The second-order valence-corrected chi connectivity index (χ2v) is 39.3. The Balaban J connectivity index is 0.000000205. The molecule has 12 N–H and O–H groups in total. The van der Waals surface area contributed by atoms with Crippen LogP contribution >= 0.6 is 23.1 Å². The molecular formula is C77H75N15O19S7. The van der Waals surface area contributed by atoms with Gasteiger partial charge in [-0.05, 0) is 220 Å². The zero-order chi connectivity index (χ0) is 85.3. The van der Waals surface area contributed by atoms with E-state index in [0.29, 0.717) is 59.4 Å². The second-order valence-electron chi connectivity index (χ2n) is 29.1. The molecule has 3 aliphatic heterocycles. The van der Waals surface area contributed by atoms with Gasteiger partial charge in [-0.3, -0.25) is 38.1 Å². The fourth-order valence-electron chi connectivity index (χ4n) is 13.1. The molecule has 41 heteroatoms. The molecule has 0 spiro atoms. The van der Waals surface area contributed by atoms with Crippen molar-refractivity contribution in [3.63, 3.8) is 0 Å². The SMILES string of the molecule is CC(=O)Nc1cc(N=Nc2snc3ccc(S(=O)(=O)Nc4ccc(N5CCOCC5)c(S(=O)(=O)Nc5cc(C)c(C)cc5O)c4)cc23)c2c(c1O)C(C)(C)CC(=O)N2.Cc1cc(O)c(NS(=O)(=O)c2cccc(NS(=O)(=O)c3ccc(C(=O)Nc4cc(N=Nc5snc6ccc(S(C)(=O)=O)cc56)c5c(c4O)C(C)(C)C(=O)N5)cc3)c2)cc1C. The predicted molar refractivity (Wildman–Crippen MR) is 448 cm³/mol. The van der Waals surface area contributed by atoms with Crippen LogP contribution in [0, 0.1) is 27.7 Å². The van der Waals surface area contributed by atoms with Crippen LogP contribution in [-0.2, 0) is 79.9 Å². The first-order valence-corrected chi connectivity index (χ1v) is 45.0. The first-order chi connectivity index (χ1) is 55.4. The number of carbonyl (C=O) groups is 4. The van der Waals surface area contributed by atoms with Crippen molar-refractivity contribution in [1.82, 2.24) is 8.75 Å². The molecule has 3 aliphatic rings. The molecule has 1 saturated heterocycles. The van der Waals surface area contributed by atoms with E-state index >= 15 is 0 Å². The van der Waals surface area contributed by atoms with Crippen LogP contribution in [0.5, 0.6) is 23.0 Å². The maximum Gasteiger partial charge on any atom is 0.264 e. The molecule has 118 heavy (non-hydrogen) atoms. The van der Waals surface area contributed by atoms with Crippen molar-refractivity contribution >= 4 is 191 Å². The fourth-order valence-corrected chi connectivity index (χ4v) is 19.7. The van der Waals surface area contributed by atoms with Crippen LogP contribution in [0.1, 0.15) is 84.8 Å². The largest absolute Gasteiger partial charge is 0.506 e. The fraction of sp³-hybridized carbons (Fsp3) is 0.221. The normalized spacial score (nSPS) is 14.7. The van der Waals surface area contributed by atoms with E-state index in [2.05, 4.69) is 69.4 Å². The number of hydrogen-bond donors (Lipinski definition) is 12. The monoisotopic (exact) mass is 1740 g/mol. The third kappa shape index (κ3) is 17.3. The first-order valence-electron chi connectivity index (χ1n) is 35.6. The number of benzene rings is 9. The predicted octanol–water partition coefficient (Wildman–Crippen LogP) is 14.0. The smallest absolute Gasteiger partial charge is 0.264 e. The van der Waals surface area contributed by atoms with Crippen molar-refractivity contribution < 1.29 is 86.4 Å². The number of sulfone groups is 1. The van der Waals surface area contributed by atoms with Gasteiger partial charge >= 0.3 is 0 Å². The van der Waals surface area contributed by atoms with Gasteiger partial charge in [0.1, 0.15) is 39.3 Å². The summed E-state index contributed by atoms with van der Waals surface area (Å²) in [5.41, 5.74) is 2.95. The molecule has 2 aromatic heterocycles. The average Bonchev–Trinajstić information content (AvgIpc) is 1.53. The van der Waals surface area contributed by atoms with Crippen LogP contribution in [0.15, 0.2) is 184 Å². The van der Waals surface area contributed by atoms with Crippen LogP contribution in [-0.4, -0.2) is 127 Å². The number of ether oxygens (including phenoxy) is 1.